The fourth-order valence-electron chi connectivity index (χ4n) is 3.44. The molecule has 1 heterocycles. The highest BCUT2D eigenvalue weighted by molar-refractivity contribution is 5.25. The lowest BCUT2D eigenvalue weighted by Gasteiger charge is -2.35. The molecule has 2 nitrogen and oxygen atoms in total. The van der Waals surface area contributed by atoms with Gasteiger partial charge in [-0.1, -0.05) is 50.6 Å². The molecular weight excluding hydrogens is 256 g/mol. The Morgan fingerprint density at radius 1 is 1.14 bits per heavy atom. The molecule has 2 atom stereocenters. The highest BCUT2D eigenvalue weighted by atomic mass is 15.2. The first kappa shape index (κ1) is 16.5. The molecule has 0 bridgehead atoms. The van der Waals surface area contributed by atoms with Crippen LogP contribution in [0.3, 0.4) is 0 Å². The summed E-state index contributed by atoms with van der Waals surface area (Å²) in [6.07, 6.45) is 4.90. The van der Waals surface area contributed by atoms with E-state index in [9.17, 15) is 0 Å². The van der Waals surface area contributed by atoms with Crippen LogP contribution in [0.2, 0.25) is 0 Å². The van der Waals surface area contributed by atoms with Crippen LogP contribution in [0.1, 0.15) is 63.6 Å². The Balaban J connectivity index is 2.21. The molecule has 2 rings (SSSR count). The Kier molecular flexibility index (Phi) is 5.45. The molecule has 0 aliphatic carbocycles. The Bertz CT molecular complexity index is 435. The Labute approximate surface area is 130 Å². The summed E-state index contributed by atoms with van der Waals surface area (Å²) in [6, 6.07) is 9.55. The van der Waals surface area contributed by atoms with Crippen molar-refractivity contribution in [1.29, 1.82) is 0 Å². The van der Waals surface area contributed by atoms with Crippen molar-refractivity contribution in [2.24, 2.45) is 11.1 Å². The van der Waals surface area contributed by atoms with Crippen molar-refractivity contribution in [3.8, 4) is 0 Å². The van der Waals surface area contributed by atoms with E-state index >= 15 is 0 Å². The molecule has 1 aromatic rings. The number of nitrogens with two attached hydrogens (primary N) is 1. The van der Waals surface area contributed by atoms with Gasteiger partial charge in [-0.05, 0) is 56.7 Å². The largest absolute Gasteiger partial charge is 0.326 e. The number of hydrogen-bond donors (Lipinski definition) is 1. The minimum atomic E-state index is 0.217. The molecule has 2 unspecified atom stereocenters. The van der Waals surface area contributed by atoms with Crippen LogP contribution in [0.15, 0.2) is 24.3 Å². The molecule has 0 saturated carbocycles. The van der Waals surface area contributed by atoms with Gasteiger partial charge in [0.05, 0.1) is 0 Å². The molecular formula is C19H32N2. The van der Waals surface area contributed by atoms with Crippen LogP contribution >= 0.6 is 0 Å². The highest BCUT2D eigenvalue weighted by Crippen LogP contribution is 2.34. The first-order valence-corrected chi connectivity index (χ1v) is 8.49. The van der Waals surface area contributed by atoms with Gasteiger partial charge < -0.3 is 5.73 Å². The van der Waals surface area contributed by atoms with Gasteiger partial charge >= 0.3 is 0 Å². The molecule has 0 radical (unpaired) electrons. The summed E-state index contributed by atoms with van der Waals surface area (Å²) in [6.45, 7) is 11.5. The quantitative estimate of drug-likeness (QED) is 0.895. The molecule has 1 fully saturated rings. The predicted molar refractivity (Wildman–Crippen MR) is 91.4 cm³/mol. The van der Waals surface area contributed by atoms with Crippen molar-refractivity contribution < 1.29 is 0 Å². The lowest BCUT2D eigenvalue weighted by Crippen LogP contribution is -2.41. The average molecular weight is 288 g/mol. The third-order valence-electron chi connectivity index (χ3n) is 5.06. The number of likely N-dealkylation sites (tertiary alicyclic amines) is 1. The van der Waals surface area contributed by atoms with Gasteiger partial charge in [0.2, 0.25) is 0 Å². The Hall–Kier alpha value is -0.860. The molecule has 1 aromatic carbocycles. The van der Waals surface area contributed by atoms with Crippen molar-refractivity contribution in [3.63, 3.8) is 0 Å². The molecule has 21 heavy (non-hydrogen) atoms. The third-order valence-corrected chi connectivity index (χ3v) is 5.06. The van der Waals surface area contributed by atoms with Gasteiger partial charge in [-0.3, -0.25) is 4.90 Å². The normalized spacial score (nSPS) is 22.5. The van der Waals surface area contributed by atoms with E-state index in [1.165, 1.54) is 43.5 Å². The highest BCUT2D eigenvalue weighted by Gasteiger charge is 2.30. The van der Waals surface area contributed by atoms with Crippen molar-refractivity contribution in [2.75, 3.05) is 13.1 Å². The molecule has 0 spiro atoms. The van der Waals surface area contributed by atoms with E-state index in [4.69, 9.17) is 5.73 Å². The maximum atomic E-state index is 6.50. The molecule has 1 aliphatic rings. The second kappa shape index (κ2) is 6.93. The third kappa shape index (κ3) is 4.31. The zero-order chi connectivity index (χ0) is 15.5. The smallest absolute Gasteiger partial charge is 0.0499 e. The maximum Gasteiger partial charge on any atom is 0.0499 e. The van der Waals surface area contributed by atoms with Gasteiger partial charge in [0.1, 0.15) is 0 Å². The van der Waals surface area contributed by atoms with Gasteiger partial charge in [-0.25, -0.2) is 0 Å². The lowest BCUT2D eigenvalue weighted by atomic mass is 9.85. The van der Waals surface area contributed by atoms with Crippen LogP contribution in [-0.4, -0.2) is 24.0 Å². The number of nitrogens with zero attached hydrogens (tertiary/aromatic N) is 1. The SMILES string of the molecule is CCC(N)C(c1ccc(C)cc1)N1CCCC(C)(C)CC1. The molecule has 2 heteroatoms. The average Bonchev–Trinajstić information content (AvgIpc) is 2.62. The summed E-state index contributed by atoms with van der Waals surface area (Å²) in [5, 5.41) is 0. The molecule has 1 saturated heterocycles. The summed E-state index contributed by atoms with van der Waals surface area (Å²) < 4.78 is 0. The van der Waals surface area contributed by atoms with Gasteiger partial charge in [0, 0.05) is 12.1 Å². The minimum Gasteiger partial charge on any atom is -0.326 e. The van der Waals surface area contributed by atoms with Crippen LogP contribution in [-0.2, 0) is 0 Å². The first-order chi connectivity index (χ1) is 9.93. The van der Waals surface area contributed by atoms with Crippen LogP contribution in [0.5, 0.6) is 0 Å². The van der Waals surface area contributed by atoms with Crippen molar-refractivity contribution in [2.45, 2.75) is 65.5 Å². The number of aryl methyl sites for hydroxylation is 1. The molecule has 118 valence electrons. The Morgan fingerprint density at radius 2 is 1.81 bits per heavy atom. The fraction of sp³-hybridized carbons (Fsp3) is 0.684. The molecule has 0 amide bonds. The van der Waals surface area contributed by atoms with Gasteiger partial charge in [-0.2, -0.15) is 0 Å². The van der Waals surface area contributed by atoms with E-state index in [0.29, 0.717) is 11.5 Å². The first-order valence-electron chi connectivity index (χ1n) is 8.49. The van der Waals surface area contributed by atoms with Gasteiger partial charge in [0.15, 0.2) is 0 Å². The van der Waals surface area contributed by atoms with Gasteiger partial charge in [0.25, 0.3) is 0 Å². The van der Waals surface area contributed by atoms with E-state index in [2.05, 4.69) is 56.9 Å². The number of rotatable bonds is 4. The lowest BCUT2D eigenvalue weighted by molar-refractivity contribution is 0.168. The molecule has 0 aromatic heterocycles. The topological polar surface area (TPSA) is 29.3 Å². The van der Waals surface area contributed by atoms with Gasteiger partial charge in [-0.15, -0.1) is 0 Å². The zero-order valence-electron chi connectivity index (χ0n) is 14.2. The zero-order valence-corrected chi connectivity index (χ0v) is 14.2. The van der Waals surface area contributed by atoms with E-state index in [1.54, 1.807) is 0 Å². The van der Waals surface area contributed by atoms with Crippen LogP contribution in [0, 0.1) is 12.3 Å². The van der Waals surface area contributed by atoms with Crippen molar-refractivity contribution in [1.82, 2.24) is 4.90 Å². The maximum absolute atomic E-state index is 6.50. The van der Waals surface area contributed by atoms with Crippen molar-refractivity contribution in [3.05, 3.63) is 35.4 Å². The van der Waals surface area contributed by atoms with E-state index in [0.717, 1.165) is 6.42 Å². The van der Waals surface area contributed by atoms with Crippen LogP contribution in [0.4, 0.5) is 0 Å². The summed E-state index contributed by atoms with van der Waals surface area (Å²) in [4.78, 5) is 2.63. The van der Waals surface area contributed by atoms with E-state index in [1.807, 2.05) is 0 Å². The monoisotopic (exact) mass is 288 g/mol. The molecule has 2 N–H and O–H groups in total. The Morgan fingerprint density at radius 3 is 2.43 bits per heavy atom. The van der Waals surface area contributed by atoms with Crippen molar-refractivity contribution >= 4 is 0 Å². The summed E-state index contributed by atoms with van der Waals surface area (Å²) in [5.74, 6) is 0. The molecule has 1 aliphatic heterocycles. The second-order valence-electron chi connectivity index (χ2n) is 7.48. The van der Waals surface area contributed by atoms with E-state index < -0.39 is 0 Å². The number of benzene rings is 1. The summed E-state index contributed by atoms with van der Waals surface area (Å²) in [7, 11) is 0. The number of hydrogen-bond acceptors (Lipinski definition) is 2. The fourth-order valence-corrected chi connectivity index (χ4v) is 3.44. The second-order valence-corrected chi connectivity index (χ2v) is 7.48. The van der Waals surface area contributed by atoms with E-state index in [-0.39, 0.29) is 6.04 Å². The standard InChI is InChI=1S/C19H32N2/c1-5-17(20)18(16-9-7-15(2)8-10-16)21-13-6-11-19(3,4)12-14-21/h7-10,17-18H,5-6,11-14,20H2,1-4H3. The van der Waals surface area contributed by atoms with Crippen LogP contribution in [0.25, 0.3) is 0 Å². The predicted octanol–water partition coefficient (Wildman–Crippen LogP) is 4.29. The summed E-state index contributed by atoms with van der Waals surface area (Å²) in [5.41, 5.74) is 9.67. The minimum absolute atomic E-state index is 0.217. The van der Waals surface area contributed by atoms with Crippen LogP contribution < -0.4 is 5.73 Å². The summed E-state index contributed by atoms with van der Waals surface area (Å²) >= 11 is 0.